The molecule has 1 aliphatic heterocycles. The molecule has 1 fully saturated rings. The standard InChI is InChI=1S/C13H12N2O/c16-13(10-7-14-8-10)11-5-1-3-9-4-2-6-15-12(9)11/h1-6,10,14H,7-8H2. The van der Waals surface area contributed by atoms with Crippen molar-refractivity contribution in [3.8, 4) is 0 Å². The van der Waals surface area contributed by atoms with Gasteiger partial charge in [-0.3, -0.25) is 9.78 Å². The van der Waals surface area contributed by atoms with Crippen LogP contribution in [0, 0.1) is 5.92 Å². The van der Waals surface area contributed by atoms with Crippen LogP contribution >= 0.6 is 0 Å². The number of nitrogens with zero attached hydrogens (tertiary/aromatic N) is 1. The van der Waals surface area contributed by atoms with Crippen LogP contribution in [-0.2, 0) is 0 Å². The first-order valence-electron chi connectivity index (χ1n) is 5.45. The summed E-state index contributed by atoms with van der Waals surface area (Å²) < 4.78 is 0. The molecule has 0 radical (unpaired) electrons. The van der Waals surface area contributed by atoms with Crippen molar-refractivity contribution < 1.29 is 4.79 Å². The van der Waals surface area contributed by atoms with Crippen molar-refractivity contribution in [1.82, 2.24) is 10.3 Å². The molecule has 0 amide bonds. The number of carbonyl (C=O) groups is 1. The first-order valence-corrected chi connectivity index (χ1v) is 5.45. The number of hydrogen-bond acceptors (Lipinski definition) is 3. The molecule has 3 nitrogen and oxygen atoms in total. The number of nitrogens with one attached hydrogen (secondary N) is 1. The minimum atomic E-state index is 0.132. The van der Waals surface area contributed by atoms with Crippen LogP contribution < -0.4 is 5.32 Å². The molecule has 0 unspecified atom stereocenters. The van der Waals surface area contributed by atoms with Gasteiger partial charge in [0.2, 0.25) is 0 Å². The normalized spacial score (nSPS) is 16.0. The summed E-state index contributed by atoms with van der Waals surface area (Å²) in [6.07, 6.45) is 1.73. The van der Waals surface area contributed by atoms with Crippen molar-refractivity contribution in [2.24, 2.45) is 5.92 Å². The van der Waals surface area contributed by atoms with Crippen LogP contribution in [0.5, 0.6) is 0 Å². The van der Waals surface area contributed by atoms with Gasteiger partial charge < -0.3 is 5.32 Å². The maximum atomic E-state index is 12.2. The van der Waals surface area contributed by atoms with Gasteiger partial charge in [0.25, 0.3) is 0 Å². The van der Waals surface area contributed by atoms with E-state index in [1.807, 2.05) is 30.3 Å². The molecule has 0 bridgehead atoms. The lowest BCUT2D eigenvalue weighted by atomic mass is 9.91. The molecule has 80 valence electrons. The highest BCUT2D eigenvalue weighted by Gasteiger charge is 2.27. The molecule has 2 aromatic rings. The quantitative estimate of drug-likeness (QED) is 0.769. The summed E-state index contributed by atoms with van der Waals surface area (Å²) >= 11 is 0. The third kappa shape index (κ3) is 1.41. The highest BCUT2D eigenvalue weighted by atomic mass is 16.1. The van der Waals surface area contributed by atoms with Crippen LogP contribution in [0.1, 0.15) is 10.4 Å². The lowest BCUT2D eigenvalue weighted by molar-refractivity contribution is 0.0879. The molecule has 0 spiro atoms. The highest BCUT2D eigenvalue weighted by molar-refractivity contribution is 6.08. The maximum Gasteiger partial charge on any atom is 0.170 e. The zero-order chi connectivity index (χ0) is 11.0. The minimum Gasteiger partial charge on any atom is -0.315 e. The summed E-state index contributed by atoms with van der Waals surface area (Å²) in [7, 11) is 0. The van der Waals surface area contributed by atoms with Crippen molar-refractivity contribution in [2.75, 3.05) is 13.1 Å². The van der Waals surface area contributed by atoms with Crippen molar-refractivity contribution in [1.29, 1.82) is 0 Å². The number of pyridine rings is 1. The summed E-state index contributed by atoms with van der Waals surface area (Å²) in [5.41, 5.74) is 1.58. The number of fused-ring (bicyclic) bond motifs is 1. The van der Waals surface area contributed by atoms with Gasteiger partial charge in [0, 0.05) is 36.2 Å². The van der Waals surface area contributed by atoms with Crippen LogP contribution in [0.25, 0.3) is 10.9 Å². The molecule has 3 heteroatoms. The van der Waals surface area contributed by atoms with Crippen LogP contribution in [0.2, 0.25) is 0 Å². The molecule has 1 saturated heterocycles. The molecule has 1 aromatic heterocycles. The Kier molecular flexibility index (Phi) is 2.18. The Hall–Kier alpha value is -1.74. The van der Waals surface area contributed by atoms with Gasteiger partial charge in [-0.2, -0.15) is 0 Å². The Balaban J connectivity index is 2.12. The topological polar surface area (TPSA) is 42.0 Å². The van der Waals surface area contributed by atoms with Gasteiger partial charge >= 0.3 is 0 Å². The second-order valence-electron chi connectivity index (χ2n) is 4.10. The second-order valence-corrected chi connectivity index (χ2v) is 4.10. The van der Waals surface area contributed by atoms with Crippen LogP contribution in [0.3, 0.4) is 0 Å². The summed E-state index contributed by atoms with van der Waals surface area (Å²) in [6, 6.07) is 9.65. The van der Waals surface area contributed by atoms with Gasteiger partial charge in [0.1, 0.15) is 0 Å². The van der Waals surface area contributed by atoms with Crippen molar-refractivity contribution in [3.05, 3.63) is 42.1 Å². The van der Waals surface area contributed by atoms with Gasteiger partial charge in [-0.25, -0.2) is 0 Å². The third-order valence-corrected chi connectivity index (χ3v) is 3.05. The zero-order valence-electron chi connectivity index (χ0n) is 8.81. The van der Waals surface area contributed by atoms with E-state index in [0.717, 1.165) is 29.6 Å². The lowest BCUT2D eigenvalue weighted by Crippen LogP contribution is -2.46. The number of benzene rings is 1. The third-order valence-electron chi connectivity index (χ3n) is 3.05. The van der Waals surface area contributed by atoms with E-state index >= 15 is 0 Å². The Bertz CT molecular complexity index is 541. The molecule has 1 N–H and O–H groups in total. The van der Waals surface area contributed by atoms with E-state index < -0.39 is 0 Å². The predicted octanol–water partition coefficient (Wildman–Crippen LogP) is 1.64. The van der Waals surface area contributed by atoms with E-state index in [1.165, 1.54) is 0 Å². The summed E-state index contributed by atoms with van der Waals surface area (Å²) in [6.45, 7) is 1.59. The van der Waals surface area contributed by atoms with Crippen LogP contribution in [0.15, 0.2) is 36.5 Å². The Morgan fingerprint density at radius 2 is 2.06 bits per heavy atom. The Labute approximate surface area is 93.5 Å². The van der Waals surface area contributed by atoms with E-state index in [0.29, 0.717) is 0 Å². The fourth-order valence-corrected chi connectivity index (χ4v) is 2.00. The van der Waals surface area contributed by atoms with E-state index in [4.69, 9.17) is 0 Å². The number of rotatable bonds is 2. The molecular formula is C13H12N2O. The lowest BCUT2D eigenvalue weighted by Gasteiger charge is -2.25. The number of para-hydroxylation sites is 1. The maximum absolute atomic E-state index is 12.2. The fourth-order valence-electron chi connectivity index (χ4n) is 2.00. The molecule has 0 aliphatic carbocycles. The summed E-state index contributed by atoms with van der Waals surface area (Å²) in [5, 5.41) is 4.15. The Morgan fingerprint density at radius 1 is 1.25 bits per heavy atom. The molecule has 3 rings (SSSR count). The van der Waals surface area contributed by atoms with Gasteiger partial charge in [-0.1, -0.05) is 18.2 Å². The van der Waals surface area contributed by atoms with Crippen molar-refractivity contribution in [3.63, 3.8) is 0 Å². The largest absolute Gasteiger partial charge is 0.315 e. The van der Waals surface area contributed by atoms with Gasteiger partial charge in [0.05, 0.1) is 5.52 Å². The monoisotopic (exact) mass is 212 g/mol. The number of aromatic nitrogens is 1. The smallest absolute Gasteiger partial charge is 0.170 e. The first-order chi connectivity index (χ1) is 7.86. The second kappa shape index (κ2) is 3.68. The zero-order valence-corrected chi connectivity index (χ0v) is 8.81. The number of carbonyl (C=O) groups excluding carboxylic acids is 1. The molecule has 0 atom stereocenters. The summed E-state index contributed by atoms with van der Waals surface area (Å²) in [5.74, 6) is 0.343. The molecule has 2 heterocycles. The first kappa shape index (κ1) is 9.48. The predicted molar refractivity (Wildman–Crippen MR) is 62.4 cm³/mol. The van der Waals surface area contributed by atoms with Crippen LogP contribution in [0.4, 0.5) is 0 Å². The van der Waals surface area contributed by atoms with Crippen molar-refractivity contribution >= 4 is 16.7 Å². The number of hydrogen-bond donors (Lipinski definition) is 1. The highest BCUT2D eigenvalue weighted by Crippen LogP contribution is 2.20. The van der Waals surface area contributed by atoms with Gasteiger partial charge in [-0.15, -0.1) is 0 Å². The van der Waals surface area contributed by atoms with E-state index in [1.54, 1.807) is 6.20 Å². The van der Waals surface area contributed by atoms with Crippen molar-refractivity contribution in [2.45, 2.75) is 0 Å². The molecular weight excluding hydrogens is 200 g/mol. The molecule has 0 saturated carbocycles. The van der Waals surface area contributed by atoms with E-state index in [9.17, 15) is 4.79 Å². The average molecular weight is 212 g/mol. The fraction of sp³-hybridized carbons (Fsp3) is 0.231. The van der Waals surface area contributed by atoms with E-state index in [-0.39, 0.29) is 11.7 Å². The Morgan fingerprint density at radius 3 is 2.81 bits per heavy atom. The number of Topliss-reactive ketones (excluding diaryl/α,β-unsaturated/α-hetero) is 1. The van der Waals surface area contributed by atoms with Crippen LogP contribution in [-0.4, -0.2) is 23.9 Å². The van der Waals surface area contributed by atoms with Gasteiger partial charge in [-0.05, 0) is 12.1 Å². The molecule has 1 aromatic carbocycles. The van der Waals surface area contributed by atoms with Gasteiger partial charge in [0.15, 0.2) is 5.78 Å². The summed E-state index contributed by atoms with van der Waals surface area (Å²) in [4.78, 5) is 16.5. The number of ketones is 1. The molecule has 16 heavy (non-hydrogen) atoms. The molecule has 1 aliphatic rings. The SMILES string of the molecule is O=C(c1cccc2cccnc12)C1CNC1. The average Bonchev–Trinajstić information content (AvgIpc) is 2.26. The van der Waals surface area contributed by atoms with E-state index in [2.05, 4.69) is 10.3 Å². The minimum absolute atomic E-state index is 0.132.